The van der Waals surface area contributed by atoms with Crippen molar-refractivity contribution >= 4 is 17.3 Å². The van der Waals surface area contributed by atoms with Gasteiger partial charge in [0.25, 0.3) is 0 Å². The summed E-state index contributed by atoms with van der Waals surface area (Å²) in [7, 11) is 0. The van der Waals surface area contributed by atoms with Gasteiger partial charge in [0.05, 0.1) is 11.7 Å². The van der Waals surface area contributed by atoms with Gasteiger partial charge in [-0.3, -0.25) is 4.79 Å². The van der Waals surface area contributed by atoms with Gasteiger partial charge in [0.2, 0.25) is 5.91 Å². The third-order valence-corrected chi connectivity index (χ3v) is 7.94. The Morgan fingerprint density at radius 3 is 2.18 bits per heavy atom. The number of anilines is 2. The molecule has 8 heteroatoms. The molecule has 0 radical (unpaired) electrons. The number of alkyl halides is 3. The van der Waals surface area contributed by atoms with Crippen LogP contribution in [0.15, 0.2) is 42.5 Å². The standard InChI is InChI=1S/C30H40F3N3O2/c1-29(2,3)22-6-4-20(5-7-22)21-14-16-36(17-15-21)28(37)19-38-25-11-8-23(9-12-25)35-24-10-13-27(34)26(18-24)30(31,32)33/h4-7,10,13,18,21,23,25,35H,8-9,11-12,14-17,19,34H2,1-3H3. The molecule has 0 atom stereocenters. The van der Waals surface area contributed by atoms with Crippen LogP contribution in [-0.2, 0) is 21.1 Å². The van der Waals surface area contributed by atoms with Gasteiger partial charge in [-0.05, 0) is 79.2 Å². The highest BCUT2D eigenvalue weighted by Crippen LogP contribution is 2.36. The third-order valence-electron chi connectivity index (χ3n) is 7.94. The van der Waals surface area contributed by atoms with E-state index in [9.17, 15) is 18.0 Å². The largest absolute Gasteiger partial charge is 0.418 e. The lowest BCUT2D eigenvalue weighted by molar-refractivity contribution is -0.140. The summed E-state index contributed by atoms with van der Waals surface area (Å²) in [6, 6.07) is 12.9. The van der Waals surface area contributed by atoms with Gasteiger partial charge in [-0.25, -0.2) is 0 Å². The molecule has 0 bridgehead atoms. The first-order chi connectivity index (χ1) is 17.9. The van der Waals surface area contributed by atoms with E-state index in [1.54, 1.807) is 6.07 Å². The summed E-state index contributed by atoms with van der Waals surface area (Å²) >= 11 is 0. The molecule has 2 aliphatic rings. The third kappa shape index (κ3) is 7.22. The van der Waals surface area contributed by atoms with Crippen molar-refractivity contribution in [2.24, 2.45) is 0 Å². The molecule has 2 aromatic carbocycles. The quantitative estimate of drug-likeness (QED) is 0.406. The number of carbonyl (C=O) groups excluding carboxylic acids is 1. The Balaban J connectivity index is 1.17. The fourth-order valence-corrected chi connectivity index (χ4v) is 5.50. The van der Waals surface area contributed by atoms with Gasteiger partial charge in [0, 0.05) is 30.5 Å². The van der Waals surface area contributed by atoms with Crippen LogP contribution in [0.4, 0.5) is 24.5 Å². The summed E-state index contributed by atoms with van der Waals surface area (Å²) < 4.78 is 45.3. The van der Waals surface area contributed by atoms with Crippen molar-refractivity contribution in [2.45, 2.75) is 89.0 Å². The molecule has 1 aliphatic heterocycles. The number of carbonyl (C=O) groups is 1. The van der Waals surface area contributed by atoms with E-state index in [1.807, 2.05) is 4.90 Å². The predicted octanol–water partition coefficient (Wildman–Crippen LogP) is 6.73. The van der Waals surface area contributed by atoms with Crippen molar-refractivity contribution < 1.29 is 22.7 Å². The molecule has 0 spiro atoms. The summed E-state index contributed by atoms with van der Waals surface area (Å²) in [6.45, 7) is 8.22. The molecule has 1 heterocycles. The molecule has 1 saturated heterocycles. The van der Waals surface area contributed by atoms with Crippen LogP contribution in [0.25, 0.3) is 0 Å². The van der Waals surface area contributed by atoms with E-state index in [2.05, 4.69) is 50.4 Å². The van der Waals surface area contributed by atoms with E-state index >= 15 is 0 Å². The highest BCUT2D eigenvalue weighted by atomic mass is 19.4. The van der Waals surface area contributed by atoms with Gasteiger partial charge in [0.15, 0.2) is 0 Å². The Morgan fingerprint density at radius 1 is 0.974 bits per heavy atom. The van der Waals surface area contributed by atoms with Crippen molar-refractivity contribution in [1.29, 1.82) is 0 Å². The smallest absolute Gasteiger partial charge is 0.398 e. The number of benzene rings is 2. The number of nitrogens with zero attached hydrogens (tertiary/aromatic N) is 1. The molecule has 1 saturated carbocycles. The molecular weight excluding hydrogens is 491 g/mol. The average molecular weight is 532 g/mol. The number of likely N-dealkylation sites (tertiary alicyclic amines) is 1. The number of hydrogen-bond donors (Lipinski definition) is 2. The van der Waals surface area contributed by atoms with Gasteiger partial charge in [-0.2, -0.15) is 13.2 Å². The molecular formula is C30H40F3N3O2. The minimum Gasteiger partial charge on any atom is -0.398 e. The van der Waals surface area contributed by atoms with Crippen LogP contribution < -0.4 is 11.1 Å². The topological polar surface area (TPSA) is 67.6 Å². The predicted molar refractivity (Wildman–Crippen MR) is 145 cm³/mol. The molecule has 0 aromatic heterocycles. The lowest BCUT2D eigenvalue weighted by atomic mass is 9.84. The Morgan fingerprint density at radius 2 is 1.61 bits per heavy atom. The van der Waals surface area contributed by atoms with E-state index in [0.717, 1.165) is 57.7 Å². The maximum absolute atomic E-state index is 13.1. The number of nitrogens with one attached hydrogen (secondary N) is 1. The molecule has 2 fully saturated rings. The van der Waals surface area contributed by atoms with E-state index in [1.165, 1.54) is 17.2 Å². The highest BCUT2D eigenvalue weighted by Gasteiger charge is 2.33. The number of nitrogen functional groups attached to an aromatic ring is 1. The molecule has 0 unspecified atom stereocenters. The molecule has 1 amide bonds. The summed E-state index contributed by atoms with van der Waals surface area (Å²) in [6.07, 6.45) is 0.489. The number of rotatable bonds is 6. The normalized spacial score (nSPS) is 21.4. The maximum atomic E-state index is 13.1. The van der Waals surface area contributed by atoms with Gasteiger partial charge >= 0.3 is 6.18 Å². The second-order valence-corrected chi connectivity index (χ2v) is 11.8. The van der Waals surface area contributed by atoms with Gasteiger partial charge < -0.3 is 20.7 Å². The van der Waals surface area contributed by atoms with Crippen LogP contribution in [0, 0.1) is 0 Å². The van der Waals surface area contributed by atoms with Crippen molar-refractivity contribution in [3.05, 3.63) is 59.2 Å². The van der Waals surface area contributed by atoms with Crippen LogP contribution in [-0.4, -0.2) is 42.6 Å². The highest BCUT2D eigenvalue weighted by molar-refractivity contribution is 5.77. The summed E-state index contributed by atoms with van der Waals surface area (Å²) in [5.74, 6) is 0.512. The fraction of sp³-hybridized carbons (Fsp3) is 0.567. The molecule has 4 rings (SSSR count). The monoisotopic (exact) mass is 531 g/mol. The molecule has 1 aliphatic carbocycles. The van der Waals surface area contributed by atoms with Crippen molar-refractivity contribution in [3.63, 3.8) is 0 Å². The summed E-state index contributed by atoms with van der Waals surface area (Å²) in [5.41, 5.74) is 7.64. The molecule has 38 heavy (non-hydrogen) atoms. The molecule has 3 N–H and O–H groups in total. The Labute approximate surface area is 223 Å². The first-order valence-corrected chi connectivity index (χ1v) is 13.6. The zero-order valence-corrected chi connectivity index (χ0v) is 22.6. The Kier molecular flexibility index (Phi) is 8.60. The van der Waals surface area contributed by atoms with E-state index < -0.39 is 11.7 Å². The average Bonchev–Trinajstić information content (AvgIpc) is 2.88. The van der Waals surface area contributed by atoms with Gasteiger partial charge in [-0.1, -0.05) is 45.0 Å². The lowest BCUT2D eigenvalue weighted by Gasteiger charge is -2.34. The van der Waals surface area contributed by atoms with Crippen LogP contribution in [0.1, 0.15) is 81.9 Å². The SMILES string of the molecule is CC(C)(C)c1ccc(C2CCN(C(=O)COC3CCC(Nc4ccc(N)c(C(F)(F)F)c4)CC3)CC2)cc1. The van der Waals surface area contributed by atoms with E-state index in [-0.39, 0.29) is 35.8 Å². The van der Waals surface area contributed by atoms with Crippen LogP contribution in [0.2, 0.25) is 0 Å². The first kappa shape index (κ1) is 28.3. The first-order valence-electron chi connectivity index (χ1n) is 13.6. The zero-order valence-electron chi connectivity index (χ0n) is 22.6. The molecule has 2 aromatic rings. The number of hydrogen-bond acceptors (Lipinski definition) is 4. The fourth-order valence-electron chi connectivity index (χ4n) is 5.50. The Bertz CT molecular complexity index is 1080. The number of ether oxygens (including phenoxy) is 1. The van der Waals surface area contributed by atoms with Crippen LogP contribution in [0.3, 0.4) is 0 Å². The van der Waals surface area contributed by atoms with Gasteiger partial charge in [-0.15, -0.1) is 0 Å². The second-order valence-electron chi connectivity index (χ2n) is 11.8. The van der Waals surface area contributed by atoms with Crippen molar-refractivity contribution in [3.8, 4) is 0 Å². The number of piperidine rings is 1. The second kappa shape index (κ2) is 11.6. The zero-order chi connectivity index (χ0) is 27.5. The minimum atomic E-state index is -4.48. The number of nitrogens with two attached hydrogens (primary N) is 1. The lowest BCUT2D eigenvalue weighted by Crippen LogP contribution is -2.41. The summed E-state index contributed by atoms with van der Waals surface area (Å²) in [5, 5.41) is 3.20. The minimum absolute atomic E-state index is 0.00646. The maximum Gasteiger partial charge on any atom is 0.418 e. The Hall–Kier alpha value is -2.74. The van der Waals surface area contributed by atoms with E-state index in [0.29, 0.717) is 11.6 Å². The van der Waals surface area contributed by atoms with E-state index in [4.69, 9.17) is 10.5 Å². The molecule has 5 nitrogen and oxygen atoms in total. The van der Waals surface area contributed by atoms with Crippen molar-refractivity contribution in [2.75, 3.05) is 30.7 Å². The number of halogens is 3. The van der Waals surface area contributed by atoms with Crippen molar-refractivity contribution in [1.82, 2.24) is 4.90 Å². The summed E-state index contributed by atoms with van der Waals surface area (Å²) in [4.78, 5) is 14.7. The molecule has 208 valence electrons. The van der Waals surface area contributed by atoms with Crippen LogP contribution in [0.5, 0.6) is 0 Å². The van der Waals surface area contributed by atoms with Crippen LogP contribution >= 0.6 is 0 Å². The number of amides is 1. The van der Waals surface area contributed by atoms with Gasteiger partial charge in [0.1, 0.15) is 6.61 Å².